The molecule has 0 fully saturated rings. The average molecular weight is 811 g/mol. The number of carboxylic acid groups (broad SMARTS) is 1. The van der Waals surface area contributed by atoms with Gasteiger partial charge in [-0.1, -0.05) is 137 Å². The number of aliphatic hydroxyl groups excluding tert-OH is 8. The molecular weight excluding hydrogens is 741 g/mol. The number of carbonyl (C=O) groups is 2. The topological polar surface area (TPSA) is 216 Å². The largest absolute Gasteiger partial charge is 0.472 e. The molecule has 0 aliphatic rings. The Hall–Kier alpha value is -3.72. The highest BCUT2D eigenvalue weighted by Crippen LogP contribution is 2.15. The molecule has 9 N–H and O–H groups in total. The van der Waals surface area contributed by atoms with E-state index in [-0.39, 0.29) is 25.0 Å². The molecule has 11 nitrogen and oxygen atoms in total. The van der Waals surface area contributed by atoms with Crippen molar-refractivity contribution >= 4 is 11.8 Å². The zero-order valence-electron chi connectivity index (χ0n) is 34.3. The van der Waals surface area contributed by atoms with Gasteiger partial charge in [-0.05, 0) is 63.9 Å². The Morgan fingerprint density at radius 2 is 1.09 bits per heavy atom. The first kappa shape index (κ1) is 54.3. The van der Waals surface area contributed by atoms with Crippen molar-refractivity contribution in [2.75, 3.05) is 0 Å². The maximum absolute atomic E-state index is 12.3. The molecule has 0 aromatic heterocycles. The summed E-state index contributed by atoms with van der Waals surface area (Å²) in [6, 6.07) is 0. The van der Waals surface area contributed by atoms with E-state index >= 15 is 0 Å². The number of carboxylic acids is 1. The Bertz CT molecular complexity index is 1410. The maximum atomic E-state index is 12.3. The number of hydrogen-bond acceptors (Lipinski definition) is 10. The zero-order valence-corrected chi connectivity index (χ0v) is 34.3. The maximum Gasteiger partial charge on any atom is 0.381 e. The standard InChI is InChI=1S/C47H70O11/c1-2-38(48)29-30-40(50)24-21-22-25-41(51)32-34-42(52)33-31-39(49)23-17-13-9-6-4-3-5-7-11-15-19-27-45(55)46(56)28-20-16-12-8-10-14-18-26-43(53)37-44(54)35-36-47(57)58/h1,6,9,21-22,29-30,38-45,48-55H,3-5,7-8,10-20,23-28,37H2,(H,57,58)/b9-6-,22-21+,30-29+. The van der Waals surface area contributed by atoms with Crippen LogP contribution in [0, 0.1) is 47.9 Å². The molecule has 8 atom stereocenters. The minimum atomic E-state index is -1.31. The van der Waals surface area contributed by atoms with Crippen LogP contribution in [0.1, 0.15) is 148 Å². The van der Waals surface area contributed by atoms with Gasteiger partial charge in [0, 0.05) is 25.2 Å². The number of aliphatic carboxylic acids is 1. The van der Waals surface area contributed by atoms with Crippen LogP contribution in [-0.2, 0) is 9.59 Å². The van der Waals surface area contributed by atoms with Crippen LogP contribution in [0.4, 0.5) is 0 Å². The molecule has 0 bridgehead atoms. The van der Waals surface area contributed by atoms with Gasteiger partial charge in [-0.2, -0.15) is 0 Å². The smallest absolute Gasteiger partial charge is 0.381 e. The van der Waals surface area contributed by atoms with Gasteiger partial charge in [-0.15, -0.1) is 6.42 Å². The third-order valence-electron chi connectivity index (χ3n) is 9.15. The van der Waals surface area contributed by atoms with Crippen LogP contribution in [0.2, 0.25) is 0 Å². The van der Waals surface area contributed by atoms with Crippen LogP contribution in [0.5, 0.6) is 0 Å². The monoisotopic (exact) mass is 810 g/mol. The summed E-state index contributed by atoms with van der Waals surface area (Å²) in [6.07, 6.45) is 25.4. The molecular formula is C47H70O11. The number of terminal acetylenes is 1. The normalized spacial score (nSPS) is 15.5. The van der Waals surface area contributed by atoms with Crippen LogP contribution >= 0.6 is 0 Å². The number of unbranched alkanes of at least 4 members (excludes halogenated alkanes) is 13. The summed E-state index contributed by atoms with van der Waals surface area (Å²) in [5.74, 6) is 14.8. The highest BCUT2D eigenvalue weighted by molar-refractivity contribution is 5.86. The van der Waals surface area contributed by atoms with Crippen molar-refractivity contribution < 1.29 is 55.5 Å². The van der Waals surface area contributed by atoms with Gasteiger partial charge in [0.1, 0.15) is 30.5 Å². The molecule has 0 spiro atoms. The van der Waals surface area contributed by atoms with Crippen molar-refractivity contribution in [1.29, 1.82) is 0 Å². The lowest BCUT2D eigenvalue weighted by Crippen LogP contribution is -2.19. The van der Waals surface area contributed by atoms with E-state index in [1.807, 2.05) is 5.92 Å². The summed E-state index contributed by atoms with van der Waals surface area (Å²) in [5, 5.41) is 87.2. The van der Waals surface area contributed by atoms with Crippen molar-refractivity contribution in [3.8, 4) is 47.9 Å². The number of carbonyl (C=O) groups excluding carboxylic acids is 1. The summed E-state index contributed by atoms with van der Waals surface area (Å²) in [4.78, 5) is 22.7. The zero-order chi connectivity index (χ0) is 43.2. The number of hydrogen-bond donors (Lipinski definition) is 9. The van der Waals surface area contributed by atoms with Crippen molar-refractivity contribution in [3.05, 3.63) is 36.5 Å². The highest BCUT2D eigenvalue weighted by Gasteiger charge is 2.14. The van der Waals surface area contributed by atoms with Gasteiger partial charge in [0.05, 0.1) is 12.2 Å². The van der Waals surface area contributed by atoms with Gasteiger partial charge in [0.25, 0.3) is 0 Å². The second-order valence-electron chi connectivity index (χ2n) is 14.6. The predicted octanol–water partition coefficient (Wildman–Crippen LogP) is 4.81. The third-order valence-corrected chi connectivity index (χ3v) is 9.15. The Balaban J connectivity index is 3.79. The van der Waals surface area contributed by atoms with Gasteiger partial charge in [0.2, 0.25) is 0 Å². The van der Waals surface area contributed by atoms with Crippen LogP contribution < -0.4 is 0 Å². The van der Waals surface area contributed by atoms with Crippen molar-refractivity contribution in [3.63, 3.8) is 0 Å². The van der Waals surface area contributed by atoms with E-state index in [0.29, 0.717) is 25.7 Å². The van der Waals surface area contributed by atoms with E-state index in [1.165, 1.54) is 12.2 Å². The fourth-order valence-electron chi connectivity index (χ4n) is 5.79. The van der Waals surface area contributed by atoms with E-state index in [1.54, 1.807) is 12.2 Å². The summed E-state index contributed by atoms with van der Waals surface area (Å²) in [7, 11) is 0. The summed E-state index contributed by atoms with van der Waals surface area (Å²) in [5.41, 5.74) is 0. The predicted molar refractivity (Wildman–Crippen MR) is 226 cm³/mol. The molecule has 324 valence electrons. The van der Waals surface area contributed by atoms with Crippen LogP contribution in [-0.4, -0.2) is 107 Å². The Morgan fingerprint density at radius 3 is 1.72 bits per heavy atom. The molecule has 0 saturated heterocycles. The third kappa shape index (κ3) is 36.6. The highest BCUT2D eigenvalue weighted by atomic mass is 16.4. The quantitative estimate of drug-likeness (QED) is 0.0255. The number of rotatable bonds is 32. The first-order chi connectivity index (χ1) is 27.8. The summed E-state index contributed by atoms with van der Waals surface area (Å²) < 4.78 is 0. The first-order valence-electron chi connectivity index (χ1n) is 21.0. The summed E-state index contributed by atoms with van der Waals surface area (Å²) in [6.45, 7) is 0. The summed E-state index contributed by atoms with van der Waals surface area (Å²) >= 11 is 0. The minimum Gasteiger partial charge on any atom is -0.472 e. The van der Waals surface area contributed by atoms with Crippen LogP contribution in [0.25, 0.3) is 0 Å². The molecule has 0 rings (SSSR count). The van der Waals surface area contributed by atoms with Gasteiger partial charge >= 0.3 is 5.97 Å². The Kier molecular flexibility index (Phi) is 35.1. The fraction of sp³-hybridized carbons (Fsp3) is 0.660. The number of Topliss-reactive ketones (excluding diaryl/α,β-unsaturated/α-hetero) is 1. The SMILES string of the molecule is C#CC(O)/C=C/C(O)C/C=C/CC(O)C#CC(O)C#CC(O)CCC/C=C\CCCCCCCCC(O)C(=O)CCCCCCCCCC(O)CC(O)C#CC(=O)O. The lowest BCUT2D eigenvalue weighted by atomic mass is 10.00. The lowest BCUT2D eigenvalue weighted by molar-refractivity contribution is -0.130. The number of allylic oxidation sites excluding steroid dienone is 2. The van der Waals surface area contributed by atoms with E-state index in [4.69, 9.17) is 11.5 Å². The van der Waals surface area contributed by atoms with Crippen molar-refractivity contribution in [2.24, 2.45) is 0 Å². The van der Waals surface area contributed by atoms with Gasteiger partial charge in [-0.25, -0.2) is 4.79 Å². The minimum absolute atomic E-state index is 0.0407. The molecule has 11 heteroatoms. The first-order valence-corrected chi connectivity index (χ1v) is 21.0. The van der Waals surface area contributed by atoms with E-state index < -0.39 is 54.8 Å². The fourth-order valence-corrected chi connectivity index (χ4v) is 5.79. The molecule has 0 saturated carbocycles. The van der Waals surface area contributed by atoms with E-state index in [9.17, 15) is 50.4 Å². The molecule has 0 radical (unpaired) electrons. The van der Waals surface area contributed by atoms with E-state index in [2.05, 4.69) is 47.7 Å². The number of ketones is 1. The van der Waals surface area contributed by atoms with Crippen LogP contribution in [0.3, 0.4) is 0 Å². The molecule has 0 amide bonds. The molecule has 0 aromatic carbocycles. The molecule has 0 aromatic rings. The molecule has 8 unspecified atom stereocenters. The molecule has 58 heavy (non-hydrogen) atoms. The van der Waals surface area contributed by atoms with Gasteiger partial charge in [-0.3, -0.25) is 4.79 Å². The lowest BCUT2D eigenvalue weighted by Gasteiger charge is -2.11. The molecule has 0 aliphatic heterocycles. The van der Waals surface area contributed by atoms with Crippen molar-refractivity contribution in [2.45, 2.75) is 197 Å². The molecule has 0 heterocycles. The molecule has 0 aliphatic carbocycles. The Morgan fingerprint density at radius 1 is 0.534 bits per heavy atom. The second kappa shape index (κ2) is 37.5. The van der Waals surface area contributed by atoms with E-state index in [0.717, 1.165) is 103 Å². The van der Waals surface area contributed by atoms with Gasteiger partial charge < -0.3 is 46.0 Å². The van der Waals surface area contributed by atoms with Crippen molar-refractivity contribution in [1.82, 2.24) is 0 Å². The van der Waals surface area contributed by atoms with Crippen LogP contribution in [0.15, 0.2) is 36.5 Å². The second-order valence-corrected chi connectivity index (χ2v) is 14.6. The van der Waals surface area contributed by atoms with Gasteiger partial charge in [0.15, 0.2) is 11.9 Å². The average Bonchev–Trinajstić information content (AvgIpc) is 3.19. The number of aliphatic hydroxyl groups is 8. The Labute approximate surface area is 347 Å².